The summed E-state index contributed by atoms with van der Waals surface area (Å²) in [5.74, 6) is 2.70. The van der Waals surface area contributed by atoms with Crippen LogP contribution in [-0.4, -0.2) is 36.8 Å². The first-order valence-electron chi connectivity index (χ1n) is 18.8. The second-order valence-electron chi connectivity index (χ2n) is 14.4. The number of aromatic amines is 1. The van der Waals surface area contributed by atoms with Crippen LogP contribution >= 0.6 is 11.6 Å². The number of halogens is 1. The first kappa shape index (κ1) is 34.3. The third kappa shape index (κ3) is 6.55. The van der Waals surface area contributed by atoms with Gasteiger partial charge in [-0.1, -0.05) is 81.7 Å². The lowest BCUT2D eigenvalue weighted by atomic mass is 10.00. The first-order valence-corrected chi connectivity index (χ1v) is 19.2. The van der Waals surface area contributed by atoms with Gasteiger partial charge < -0.3 is 20.1 Å². The van der Waals surface area contributed by atoms with Crippen molar-refractivity contribution in [1.29, 1.82) is 0 Å². The molecule has 3 aromatic heterocycles. The quantitative estimate of drug-likeness (QED) is 0.122. The number of hydrogen-bond donors (Lipinski definition) is 3. The number of nitrogens with zero attached hydrogens (tertiary/aromatic N) is 6. The van der Waals surface area contributed by atoms with Crippen molar-refractivity contribution in [1.82, 2.24) is 24.5 Å². The van der Waals surface area contributed by atoms with Crippen LogP contribution in [0.1, 0.15) is 89.5 Å². The summed E-state index contributed by atoms with van der Waals surface area (Å²) in [6, 6.07) is 11.3. The van der Waals surface area contributed by atoms with Gasteiger partial charge in [0, 0.05) is 12.7 Å². The summed E-state index contributed by atoms with van der Waals surface area (Å²) >= 11 is 6.33. The van der Waals surface area contributed by atoms with Crippen LogP contribution in [0.4, 0.5) is 23.0 Å². The Bertz CT molecular complexity index is 2040. The van der Waals surface area contributed by atoms with Gasteiger partial charge in [-0.15, -0.1) is 0 Å². The summed E-state index contributed by atoms with van der Waals surface area (Å²) in [6.45, 7) is 4.45. The van der Waals surface area contributed by atoms with Gasteiger partial charge in [0.25, 0.3) is 11.1 Å². The SMILES string of the molecule is CCCn1c(Oc2ccccc2C)nc2c(c1=O)NC(C1CCCC1)N2N1c2nc(Oc3cccnc3Cl)[nH]c(=O)c2NC1CCCC1CCCC1. The number of H-pyrrole nitrogens is 1. The number of nitrogens with one attached hydrogen (secondary N) is 3. The van der Waals surface area contributed by atoms with E-state index in [1.165, 1.54) is 25.7 Å². The van der Waals surface area contributed by atoms with E-state index in [0.29, 0.717) is 35.3 Å². The summed E-state index contributed by atoms with van der Waals surface area (Å²) in [5.41, 5.74) is 1.13. The van der Waals surface area contributed by atoms with E-state index in [-0.39, 0.29) is 52.3 Å². The molecule has 14 heteroatoms. The minimum Gasteiger partial charge on any atom is -0.425 e. The second kappa shape index (κ2) is 14.7. The Labute approximate surface area is 307 Å². The van der Waals surface area contributed by atoms with E-state index in [0.717, 1.165) is 62.8 Å². The molecule has 2 fully saturated rings. The highest BCUT2D eigenvalue weighted by Gasteiger charge is 2.48. The molecule has 2 aliphatic carbocycles. The van der Waals surface area contributed by atoms with Gasteiger partial charge in [0.2, 0.25) is 0 Å². The molecule has 0 spiro atoms. The van der Waals surface area contributed by atoms with Crippen LogP contribution in [0.3, 0.4) is 0 Å². The lowest BCUT2D eigenvalue weighted by Gasteiger charge is -2.40. The third-order valence-corrected chi connectivity index (χ3v) is 11.2. The van der Waals surface area contributed by atoms with E-state index in [4.69, 9.17) is 31.0 Å². The van der Waals surface area contributed by atoms with Gasteiger partial charge in [0.1, 0.15) is 29.5 Å². The van der Waals surface area contributed by atoms with Crippen LogP contribution in [-0.2, 0) is 6.54 Å². The van der Waals surface area contributed by atoms with Crippen molar-refractivity contribution in [2.24, 2.45) is 11.8 Å². The average Bonchev–Trinajstić information content (AvgIpc) is 3.96. The summed E-state index contributed by atoms with van der Waals surface area (Å²) in [4.78, 5) is 45.2. The average molecular weight is 728 g/mol. The van der Waals surface area contributed by atoms with E-state index in [1.807, 2.05) is 43.1 Å². The van der Waals surface area contributed by atoms with Crippen molar-refractivity contribution in [3.05, 3.63) is 74.0 Å². The number of hydrazine groups is 1. The van der Waals surface area contributed by atoms with Crippen molar-refractivity contribution in [3.8, 4) is 23.5 Å². The molecule has 3 N–H and O–H groups in total. The maximum Gasteiger partial charge on any atom is 0.306 e. The normalized spacial score (nSPS) is 19.8. The lowest BCUT2D eigenvalue weighted by molar-refractivity contribution is 0.390. The zero-order chi connectivity index (χ0) is 35.8. The molecule has 274 valence electrons. The van der Waals surface area contributed by atoms with Crippen molar-refractivity contribution in [2.45, 2.75) is 110 Å². The molecule has 8 rings (SSSR count). The zero-order valence-electron chi connectivity index (χ0n) is 29.7. The largest absolute Gasteiger partial charge is 0.425 e. The molecule has 0 amide bonds. The fourth-order valence-corrected chi connectivity index (χ4v) is 8.47. The van der Waals surface area contributed by atoms with Crippen LogP contribution in [0.2, 0.25) is 5.15 Å². The number of anilines is 4. The van der Waals surface area contributed by atoms with Crippen LogP contribution in [0.15, 0.2) is 52.2 Å². The first-order chi connectivity index (χ1) is 25.4. The molecule has 2 unspecified atom stereocenters. The lowest BCUT2D eigenvalue weighted by Crippen LogP contribution is -2.56. The van der Waals surface area contributed by atoms with Gasteiger partial charge in [-0.05, 0) is 74.6 Å². The van der Waals surface area contributed by atoms with Gasteiger partial charge in [0.05, 0.1) is 0 Å². The van der Waals surface area contributed by atoms with Crippen LogP contribution in [0.5, 0.6) is 23.5 Å². The summed E-state index contributed by atoms with van der Waals surface area (Å²) in [7, 11) is 0. The Balaban J connectivity index is 1.25. The number of para-hydroxylation sites is 1. The van der Waals surface area contributed by atoms with Crippen molar-refractivity contribution >= 4 is 34.6 Å². The molecule has 4 aliphatic rings. The number of fused-ring (bicyclic) bond motifs is 2. The molecule has 52 heavy (non-hydrogen) atoms. The number of benzene rings is 1. The van der Waals surface area contributed by atoms with E-state index in [1.54, 1.807) is 22.9 Å². The Morgan fingerprint density at radius 3 is 2.38 bits per heavy atom. The van der Waals surface area contributed by atoms with Gasteiger partial charge >= 0.3 is 12.0 Å². The maximum absolute atomic E-state index is 14.5. The molecule has 0 saturated heterocycles. The van der Waals surface area contributed by atoms with Crippen molar-refractivity contribution in [2.75, 3.05) is 20.7 Å². The predicted molar refractivity (Wildman–Crippen MR) is 202 cm³/mol. The summed E-state index contributed by atoms with van der Waals surface area (Å²) < 4.78 is 14.1. The number of aromatic nitrogens is 5. The molecule has 4 aromatic rings. The minimum atomic E-state index is -0.372. The van der Waals surface area contributed by atoms with E-state index in [9.17, 15) is 9.59 Å². The maximum atomic E-state index is 14.5. The summed E-state index contributed by atoms with van der Waals surface area (Å²) in [6.07, 6.45) is 13.8. The van der Waals surface area contributed by atoms with Gasteiger partial charge in [-0.25, -0.2) is 15.0 Å². The van der Waals surface area contributed by atoms with Crippen molar-refractivity contribution < 1.29 is 9.47 Å². The van der Waals surface area contributed by atoms with Crippen LogP contribution in [0, 0.1) is 18.8 Å². The number of hydrogen-bond acceptors (Lipinski definition) is 11. The highest BCUT2D eigenvalue weighted by Crippen LogP contribution is 2.46. The third-order valence-electron chi connectivity index (χ3n) is 10.9. The topological polar surface area (TPSA) is 143 Å². The molecule has 0 radical (unpaired) electrons. The Morgan fingerprint density at radius 2 is 1.62 bits per heavy atom. The molecule has 1 aromatic carbocycles. The number of ether oxygens (including phenoxy) is 2. The van der Waals surface area contributed by atoms with Gasteiger partial charge in [-0.2, -0.15) is 9.97 Å². The molecule has 2 saturated carbocycles. The minimum absolute atomic E-state index is 0.0169. The Kier molecular flexibility index (Phi) is 9.69. The van der Waals surface area contributed by atoms with E-state index < -0.39 is 0 Å². The van der Waals surface area contributed by atoms with Crippen LogP contribution in [0.25, 0.3) is 0 Å². The number of aryl methyl sites for hydroxylation is 1. The van der Waals surface area contributed by atoms with Gasteiger partial charge in [0.15, 0.2) is 22.5 Å². The monoisotopic (exact) mass is 727 g/mol. The highest BCUT2D eigenvalue weighted by atomic mass is 35.5. The molecular weight excluding hydrogens is 682 g/mol. The molecule has 2 aliphatic heterocycles. The van der Waals surface area contributed by atoms with E-state index >= 15 is 0 Å². The molecule has 13 nitrogen and oxygen atoms in total. The fraction of sp³-hybridized carbons (Fsp3) is 0.500. The van der Waals surface area contributed by atoms with Crippen molar-refractivity contribution in [3.63, 3.8) is 0 Å². The predicted octanol–water partition coefficient (Wildman–Crippen LogP) is 7.96. The molecule has 0 bridgehead atoms. The zero-order valence-corrected chi connectivity index (χ0v) is 30.5. The fourth-order valence-electron chi connectivity index (χ4n) is 8.31. The smallest absolute Gasteiger partial charge is 0.306 e. The Morgan fingerprint density at radius 1 is 0.865 bits per heavy atom. The standard InChI is InChI=1S/C38H46ClN9O4/c1-3-22-46-36(50)30-34(44-38(46)52-26-18-9-4-12-23(26)2)48(32(42-30)25-16-7-8-17-25)47-28(20-10-15-24-13-5-6-14-24)41-29-33(47)43-37(45-35(29)49)51-27-19-11-21-40-31(27)39/h4,9,11-12,18-19,21,24-25,28,32,41-42H,3,5-8,10,13-17,20,22H2,1-2H3,(H,43,45,49). The van der Waals surface area contributed by atoms with Crippen LogP contribution < -0.4 is 41.2 Å². The van der Waals surface area contributed by atoms with E-state index in [2.05, 4.69) is 25.6 Å². The Hall–Kier alpha value is -4.78. The number of pyridine rings is 1. The molecule has 2 atom stereocenters. The highest BCUT2D eigenvalue weighted by molar-refractivity contribution is 6.30. The molecule has 5 heterocycles. The second-order valence-corrected chi connectivity index (χ2v) is 14.8. The number of rotatable bonds is 12. The van der Waals surface area contributed by atoms with Gasteiger partial charge in [-0.3, -0.25) is 19.1 Å². The summed E-state index contributed by atoms with van der Waals surface area (Å²) in [5, 5.41) is 11.4. The molecular formula is C38H46ClN9O4.